The highest BCUT2D eigenvalue weighted by Gasteiger charge is 2.26. The van der Waals surface area contributed by atoms with Gasteiger partial charge in [0.2, 0.25) is 0 Å². The van der Waals surface area contributed by atoms with Gasteiger partial charge in [0, 0.05) is 31.4 Å². The zero-order valence-electron chi connectivity index (χ0n) is 8.27. The summed E-state index contributed by atoms with van der Waals surface area (Å²) in [5.41, 5.74) is 1.18. The molecule has 2 heterocycles. The van der Waals surface area contributed by atoms with Gasteiger partial charge in [-0.05, 0) is 13.1 Å². The van der Waals surface area contributed by atoms with E-state index >= 15 is 0 Å². The van der Waals surface area contributed by atoms with Gasteiger partial charge in [-0.1, -0.05) is 6.07 Å². The molecule has 2 N–H and O–H groups in total. The fraction of sp³-hybridized carbons (Fsp3) is 0.500. The van der Waals surface area contributed by atoms with E-state index in [0.717, 1.165) is 12.4 Å². The average Bonchev–Trinajstić information content (AvgIpc) is 2.15. The maximum Gasteiger partial charge on any atom is 0.133 e. The predicted molar refractivity (Wildman–Crippen MR) is 55.2 cm³/mol. The number of β-amino-alcohol motifs (C(OH)–C–C–N with tert-alkyl or cyclic N) is 1. The van der Waals surface area contributed by atoms with Crippen LogP contribution in [0.4, 0.5) is 5.82 Å². The topological polar surface area (TPSA) is 48.4 Å². The van der Waals surface area contributed by atoms with Crippen LogP contribution in [-0.4, -0.2) is 36.3 Å². The molecule has 1 aliphatic rings. The second kappa shape index (κ2) is 3.94. The molecule has 0 saturated carbocycles. The molecule has 0 aliphatic carbocycles. The molecular formula is C10H15N3O. The molecule has 0 unspecified atom stereocenters. The fourth-order valence-electron chi connectivity index (χ4n) is 1.67. The molecule has 76 valence electrons. The number of anilines is 1. The average molecular weight is 193 g/mol. The Balaban J connectivity index is 2.15. The van der Waals surface area contributed by atoms with Gasteiger partial charge in [-0.25, -0.2) is 4.98 Å². The molecule has 1 saturated heterocycles. The van der Waals surface area contributed by atoms with E-state index in [1.807, 2.05) is 13.1 Å². The lowest BCUT2D eigenvalue weighted by atomic mass is 10.1. The Morgan fingerprint density at radius 1 is 1.64 bits per heavy atom. The van der Waals surface area contributed by atoms with Crippen LogP contribution in [0.15, 0.2) is 18.3 Å². The summed E-state index contributed by atoms with van der Waals surface area (Å²) >= 11 is 0. The zero-order valence-corrected chi connectivity index (χ0v) is 8.27. The Labute approximate surface area is 83.6 Å². The van der Waals surface area contributed by atoms with Crippen LogP contribution in [0, 0.1) is 0 Å². The predicted octanol–water partition coefficient (Wildman–Crippen LogP) is -0.0181. The molecule has 0 atom stereocenters. The van der Waals surface area contributed by atoms with Gasteiger partial charge in [0.05, 0.1) is 6.10 Å². The Hall–Kier alpha value is -1.13. The Morgan fingerprint density at radius 3 is 3.07 bits per heavy atom. The molecule has 1 aromatic heterocycles. The number of aromatic nitrogens is 1. The van der Waals surface area contributed by atoms with Gasteiger partial charge in [0.25, 0.3) is 0 Å². The summed E-state index contributed by atoms with van der Waals surface area (Å²) in [5.74, 6) is 0.993. The van der Waals surface area contributed by atoms with Crippen molar-refractivity contribution in [2.24, 2.45) is 0 Å². The Kier molecular flexibility index (Phi) is 2.65. The molecular weight excluding hydrogens is 178 g/mol. The molecule has 2 rings (SSSR count). The van der Waals surface area contributed by atoms with Gasteiger partial charge in [-0.2, -0.15) is 0 Å². The van der Waals surface area contributed by atoms with E-state index in [0.29, 0.717) is 13.1 Å². The third kappa shape index (κ3) is 1.71. The minimum Gasteiger partial charge on any atom is -0.389 e. The van der Waals surface area contributed by atoms with Crippen LogP contribution in [0.3, 0.4) is 0 Å². The van der Waals surface area contributed by atoms with Crippen LogP contribution in [0.2, 0.25) is 0 Å². The summed E-state index contributed by atoms with van der Waals surface area (Å²) in [5, 5.41) is 12.3. The fourth-order valence-corrected chi connectivity index (χ4v) is 1.67. The summed E-state index contributed by atoms with van der Waals surface area (Å²) in [7, 11) is 1.92. The monoisotopic (exact) mass is 193 g/mol. The van der Waals surface area contributed by atoms with Crippen LogP contribution >= 0.6 is 0 Å². The van der Waals surface area contributed by atoms with Crippen molar-refractivity contribution in [1.82, 2.24) is 10.3 Å². The maximum absolute atomic E-state index is 9.22. The van der Waals surface area contributed by atoms with Gasteiger partial charge in [-0.15, -0.1) is 0 Å². The minimum atomic E-state index is -0.181. The van der Waals surface area contributed by atoms with E-state index in [9.17, 15) is 5.11 Å². The summed E-state index contributed by atoms with van der Waals surface area (Å²) in [6.07, 6.45) is 1.61. The van der Waals surface area contributed by atoms with E-state index in [-0.39, 0.29) is 6.10 Å². The van der Waals surface area contributed by atoms with E-state index in [4.69, 9.17) is 0 Å². The number of hydrogen-bond donors (Lipinski definition) is 2. The highest BCUT2D eigenvalue weighted by molar-refractivity contribution is 5.49. The Morgan fingerprint density at radius 2 is 2.43 bits per heavy atom. The molecule has 14 heavy (non-hydrogen) atoms. The van der Waals surface area contributed by atoms with Crippen LogP contribution < -0.4 is 10.2 Å². The van der Waals surface area contributed by atoms with Crippen molar-refractivity contribution < 1.29 is 5.11 Å². The number of rotatable bonds is 3. The third-order valence-electron chi connectivity index (χ3n) is 2.40. The smallest absolute Gasteiger partial charge is 0.133 e. The molecule has 1 aliphatic heterocycles. The first kappa shape index (κ1) is 9.43. The van der Waals surface area contributed by atoms with Crippen molar-refractivity contribution in [3.05, 3.63) is 23.9 Å². The number of nitrogens with one attached hydrogen (secondary N) is 1. The van der Waals surface area contributed by atoms with Gasteiger partial charge < -0.3 is 15.3 Å². The Bertz CT molecular complexity index is 310. The number of aliphatic hydroxyl groups is 1. The summed E-state index contributed by atoms with van der Waals surface area (Å²) in [6, 6.07) is 4.00. The SMILES string of the molecule is CNCc1cccnc1N1CC(O)C1. The molecule has 4 nitrogen and oxygen atoms in total. The van der Waals surface area contributed by atoms with Crippen LogP contribution in [-0.2, 0) is 6.54 Å². The lowest BCUT2D eigenvalue weighted by molar-refractivity contribution is 0.141. The quantitative estimate of drug-likeness (QED) is 0.708. The van der Waals surface area contributed by atoms with Crippen molar-refractivity contribution in [3.63, 3.8) is 0 Å². The third-order valence-corrected chi connectivity index (χ3v) is 2.40. The zero-order chi connectivity index (χ0) is 9.97. The molecule has 0 aromatic carbocycles. The first-order valence-electron chi connectivity index (χ1n) is 4.83. The standard InChI is InChI=1S/C10H15N3O/c1-11-5-8-3-2-4-12-10(8)13-6-9(14)7-13/h2-4,9,11,14H,5-7H2,1H3. The van der Waals surface area contributed by atoms with E-state index in [2.05, 4.69) is 21.3 Å². The first-order valence-corrected chi connectivity index (χ1v) is 4.83. The highest BCUT2D eigenvalue weighted by Crippen LogP contribution is 2.22. The molecule has 0 bridgehead atoms. The van der Waals surface area contributed by atoms with Crippen LogP contribution in [0.5, 0.6) is 0 Å². The van der Waals surface area contributed by atoms with Crippen molar-refractivity contribution in [2.75, 3.05) is 25.0 Å². The minimum absolute atomic E-state index is 0.181. The molecule has 0 amide bonds. The van der Waals surface area contributed by atoms with Gasteiger partial charge in [-0.3, -0.25) is 0 Å². The normalized spacial score (nSPS) is 16.9. The lowest BCUT2D eigenvalue weighted by Crippen LogP contribution is -2.51. The van der Waals surface area contributed by atoms with Crippen LogP contribution in [0.1, 0.15) is 5.56 Å². The van der Waals surface area contributed by atoms with E-state index < -0.39 is 0 Å². The first-order chi connectivity index (χ1) is 6.81. The van der Waals surface area contributed by atoms with Crippen molar-refractivity contribution in [1.29, 1.82) is 0 Å². The van der Waals surface area contributed by atoms with Crippen molar-refractivity contribution in [2.45, 2.75) is 12.6 Å². The summed E-state index contributed by atoms with van der Waals surface area (Å²) < 4.78 is 0. The second-order valence-electron chi connectivity index (χ2n) is 3.58. The molecule has 1 fully saturated rings. The molecule has 4 heteroatoms. The van der Waals surface area contributed by atoms with Crippen molar-refractivity contribution in [3.8, 4) is 0 Å². The number of hydrogen-bond acceptors (Lipinski definition) is 4. The molecule has 0 spiro atoms. The van der Waals surface area contributed by atoms with Gasteiger partial charge in [0.15, 0.2) is 0 Å². The van der Waals surface area contributed by atoms with E-state index in [1.165, 1.54) is 5.56 Å². The van der Waals surface area contributed by atoms with Crippen LogP contribution in [0.25, 0.3) is 0 Å². The number of pyridine rings is 1. The van der Waals surface area contributed by atoms with Gasteiger partial charge in [0.1, 0.15) is 5.82 Å². The number of aliphatic hydroxyl groups excluding tert-OH is 1. The largest absolute Gasteiger partial charge is 0.389 e. The van der Waals surface area contributed by atoms with E-state index in [1.54, 1.807) is 6.20 Å². The van der Waals surface area contributed by atoms with Crippen molar-refractivity contribution >= 4 is 5.82 Å². The summed E-state index contributed by atoms with van der Waals surface area (Å²) in [6.45, 7) is 2.22. The molecule has 1 aromatic rings. The maximum atomic E-state index is 9.22. The highest BCUT2D eigenvalue weighted by atomic mass is 16.3. The lowest BCUT2D eigenvalue weighted by Gasteiger charge is -2.37. The second-order valence-corrected chi connectivity index (χ2v) is 3.58. The number of nitrogens with zero attached hydrogens (tertiary/aromatic N) is 2. The summed E-state index contributed by atoms with van der Waals surface area (Å²) in [4.78, 5) is 6.42. The van der Waals surface area contributed by atoms with Gasteiger partial charge >= 0.3 is 0 Å². The molecule has 0 radical (unpaired) electrons.